The van der Waals surface area contributed by atoms with Crippen molar-refractivity contribution in [1.29, 1.82) is 0 Å². The summed E-state index contributed by atoms with van der Waals surface area (Å²) in [4.78, 5) is 4.82. The molecule has 1 unspecified atom stereocenters. The number of aliphatic imine (C=N–C) groups is 1. The van der Waals surface area contributed by atoms with Gasteiger partial charge in [0.05, 0.1) is 25.1 Å². The molecule has 1 aliphatic heterocycles. The Labute approximate surface area is 182 Å². The molecule has 0 radical (unpaired) electrons. The van der Waals surface area contributed by atoms with Crippen molar-refractivity contribution in [3.8, 4) is 5.75 Å². The van der Waals surface area contributed by atoms with Crippen LogP contribution in [0.4, 0.5) is 0 Å². The van der Waals surface area contributed by atoms with Gasteiger partial charge in [-0.15, -0.1) is 0 Å². The van der Waals surface area contributed by atoms with Crippen LogP contribution in [0.15, 0.2) is 94.8 Å². The van der Waals surface area contributed by atoms with Gasteiger partial charge >= 0.3 is 0 Å². The van der Waals surface area contributed by atoms with E-state index in [0.717, 1.165) is 11.1 Å². The number of rotatable bonds is 7. The summed E-state index contributed by atoms with van der Waals surface area (Å²) in [5.41, 5.74) is 0.822. The zero-order chi connectivity index (χ0) is 21.9. The first-order valence-corrected chi connectivity index (χ1v) is 11.3. The lowest BCUT2D eigenvalue weighted by atomic mass is 9.94. The van der Waals surface area contributed by atoms with Crippen molar-refractivity contribution in [3.63, 3.8) is 0 Å². The van der Waals surface area contributed by atoms with Crippen LogP contribution < -0.4 is 4.74 Å². The van der Waals surface area contributed by atoms with E-state index in [1.807, 2.05) is 60.7 Å². The van der Waals surface area contributed by atoms with Crippen molar-refractivity contribution < 1.29 is 17.9 Å². The van der Waals surface area contributed by atoms with Crippen molar-refractivity contribution in [3.05, 3.63) is 96.1 Å². The van der Waals surface area contributed by atoms with Crippen LogP contribution in [-0.2, 0) is 20.4 Å². The summed E-state index contributed by atoms with van der Waals surface area (Å²) in [6.07, 6.45) is 0. The van der Waals surface area contributed by atoms with E-state index in [1.165, 1.54) is 4.31 Å². The molecule has 7 heteroatoms. The van der Waals surface area contributed by atoms with Gasteiger partial charge in [0.25, 0.3) is 0 Å². The highest BCUT2D eigenvalue weighted by Crippen LogP contribution is 2.34. The van der Waals surface area contributed by atoms with Crippen LogP contribution >= 0.6 is 0 Å². The Morgan fingerprint density at radius 2 is 1.58 bits per heavy atom. The van der Waals surface area contributed by atoms with E-state index in [2.05, 4.69) is 4.99 Å². The first-order chi connectivity index (χ1) is 14.9. The average molecular weight is 437 g/mol. The summed E-state index contributed by atoms with van der Waals surface area (Å²) in [6.45, 7) is 0.439. The van der Waals surface area contributed by atoms with Gasteiger partial charge in [-0.3, -0.25) is 0 Å². The molecular formula is C24H24N2O4S. The minimum absolute atomic E-state index is 0.116. The largest absolute Gasteiger partial charge is 0.497 e. The molecule has 0 amide bonds. The van der Waals surface area contributed by atoms with Gasteiger partial charge < -0.3 is 9.47 Å². The van der Waals surface area contributed by atoms with E-state index < -0.39 is 15.6 Å². The van der Waals surface area contributed by atoms with Crippen molar-refractivity contribution in [1.82, 2.24) is 4.31 Å². The second kappa shape index (κ2) is 8.53. The zero-order valence-electron chi connectivity index (χ0n) is 17.4. The van der Waals surface area contributed by atoms with Crippen LogP contribution in [0.1, 0.15) is 11.1 Å². The number of ether oxygens (including phenoxy) is 2. The van der Waals surface area contributed by atoms with Crippen LogP contribution in [0, 0.1) is 0 Å². The summed E-state index contributed by atoms with van der Waals surface area (Å²) >= 11 is 0. The van der Waals surface area contributed by atoms with Crippen LogP contribution in [0.2, 0.25) is 0 Å². The zero-order valence-corrected chi connectivity index (χ0v) is 18.2. The molecule has 0 spiro atoms. The third kappa shape index (κ3) is 4.19. The second-order valence-electron chi connectivity index (χ2n) is 7.39. The van der Waals surface area contributed by atoms with Gasteiger partial charge in [0, 0.05) is 12.6 Å². The summed E-state index contributed by atoms with van der Waals surface area (Å²) in [5, 5.41) is 0. The number of hydrogen-bond acceptors (Lipinski definition) is 5. The smallest absolute Gasteiger partial charge is 0.242 e. The Balaban J connectivity index is 1.64. The van der Waals surface area contributed by atoms with Crippen molar-refractivity contribution in [2.45, 2.75) is 10.5 Å². The SMILES string of the molecule is COc1ccc(S(=O)(=O)N(C)CC2(c3ccccc3)CN=C(c3ccccc3)O2)cc1. The topological polar surface area (TPSA) is 68.2 Å². The minimum atomic E-state index is -3.73. The molecule has 0 aliphatic carbocycles. The maximum Gasteiger partial charge on any atom is 0.242 e. The Kier molecular flexibility index (Phi) is 5.80. The summed E-state index contributed by atoms with van der Waals surface area (Å²) in [7, 11) is -0.627. The molecule has 0 bridgehead atoms. The maximum atomic E-state index is 13.2. The van der Waals surface area contributed by atoms with Crippen molar-refractivity contribution in [2.75, 3.05) is 27.2 Å². The Bertz CT molecular complexity index is 1160. The molecule has 3 aromatic rings. The fourth-order valence-corrected chi connectivity index (χ4v) is 4.84. The molecule has 31 heavy (non-hydrogen) atoms. The monoisotopic (exact) mass is 436 g/mol. The molecule has 0 aromatic heterocycles. The highest BCUT2D eigenvalue weighted by atomic mass is 32.2. The molecule has 1 aliphatic rings. The molecule has 6 nitrogen and oxygen atoms in total. The third-order valence-corrected chi connectivity index (χ3v) is 7.15. The van der Waals surface area contributed by atoms with Gasteiger partial charge in [0.1, 0.15) is 5.75 Å². The standard InChI is InChI=1S/C24H24N2O4S/c1-26(31(27,28)22-15-13-21(29-2)14-16-22)18-24(20-11-7-4-8-12-20)17-25-23(30-24)19-9-5-3-6-10-19/h3-16H,17-18H2,1-2H3. The van der Waals surface area contributed by atoms with Gasteiger partial charge in [-0.25, -0.2) is 13.4 Å². The molecule has 0 fully saturated rings. The average Bonchev–Trinajstić information content (AvgIpc) is 3.25. The van der Waals surface area contributed by atoms with Crippen LogP contribution in [0.5, 0.6) is 5.75 Å². The van der Waals surface area contributed by atoms with E-state index >= 15 is 0 Å². The normalized spacial score (nSPS) is 18.5. The fourth-order valence-electron chi connectivity index (χ4n) is 3.62. The van der Waals surface area contributed by atoms with Gasteiger partial charge in [0.15, 0.2) is 5.60 Å². The van der Waals surface area contributed by atoms with Crippen molar-refractivity contribution >= 4 is 15.9 Å². The van der Waals surface area contributed by atoms with Crippen LogP contribution in [-0.4, -0.2) is 45.9 Å². The molecule has 4 rings (SSSR count). The van der Waals surface area contributed by atoms with Gasteiger partial charge in [-0.2, -0.15) is 4.31 Å². The molecule has 1 heterocycles. The summed E-state index contributed by atoms with van der Waals surface area (Å²) < 4.78 is 39.3. The number of likely N-dealkylation sites (N-methyl/N-ethyl adjacent to an activating group) is 1. The summed E-state index contributed by atoms with van der Waals surface area (Å²) in [6, 6.07) is 25.6. The molecule has 0 saturated carbocycles. The predicted molar refractivity (Wildman–Crippen MR) is 120 cm³/mol. The first-order valence-electron chi connectivity index (χ1n) is 9.89. The Morgan fingerprint density at radius 1 is 0.968 bits per heavy atom. The number of sulfonamides is 1. The first kappa shape index (κ1) is 21.1. The maximum absolute atomic E-state index is 13.2. The molecule has 3 aromatic carbocycles. The Morgan fingerprint density at radius 3 is 2.19 bits per heavy atom. The van der Waals surface area contributed by atoms with Gasteiger partial charge in [0.2, 0.25) is 15.9 Å². The highest BCUT2D eigenvalue weighted by Gasteiger charge is 2.43. The minimum Gasteiger partial charge on any atom is -0.497 e. The lowest BCUT2D eigenvalue weighted by Crippen LogP contribution is -2.44. The number of methoxy groups -OCH3 is 1. The van der Waals surface area contributed by atoms with Gasteiger partial charge in [-0.1, -0.05) is 48.5 Å². The highest BCUT2D eigenvalue weighted by molar-refractivity contribution is 7.89. The summed E-state index contributed by atoms with van der Waals surface area (Å²) in [5.74, 6) is 1.11. The quantitative estimate of drug-likeness (QED) is 0.567. The number of hydrogen-bond donors (Lipinski definition) is 0. The molecule has 160 valence electrons. The predicted octanol–water partition coefficient (Wildman–Crippen LogP) is 3.69. The van der Waals surface area contributed by atoms with E-state index in [1.54, 1.807) is 38.4 Å². The molecular weight excluding hydrogens is 412 g/mol. The fraction of sp³-hybridized carbons (Fsp3) is 0.208. The second-order valence-corrected chi connectivity index (χ2v) is 9.43. The lowest BCUT2D eigenvalue weighted by Gasteiger charge is -2.32. The van der Waals surface area contributed by atoms with E-state index in [9.17, 15) is 8.42 Å². The van der Waals surface area contributed by atoms with E-state index in [4.69, 9.17) is 9.47 Å². The molecule has 0 saturated heterocycles. The van der Waals surface area contributed by atoms with E-state index in [0.29, 0.717) is 18.2 Å². The van der Waals surface area contributed by atoms with Crippen molar-refractivity contribution in [2.24, 2.45) is 4.99 Å². The Hall–Kier alpha value is -3.16. The number of benzene rings is 3. The van der Waals surface area contributed by atoms with Crippen LogP contribution in [0.25, 0.3) is 0 Å². The number of nitrogens with zero attached hydrogens (tertiary/aromatic N) is 2. The molecule has 0 N–H and O–H groups in total. The lowest BCUT2D eigenvalue weighted by molar-refractivity contribution is 0.0684. The molecule has 1 atom stereocenters. The van der Waals surface area contributed by atoms with Gasteiger partial charge in [-0.05, 0) is 42.0 Å². The third-order valence-electron chi connectivity index (χ3n) is 5.34. The van der Waals surface area contributed by atoms with E-state index in [-0.39, 0.29) is 11.4 Å². The van der Waals surface area contributed by atoms with Crippen LogP contribution in [0.3, 0.4) is 0 Å².